The Kier molecular flexibility index (Phi) is 2.56. The van der Waals surface area contributed by atoms with E-state index < -0.39 is 0 Å². The third-order valence-electron chi connectivity index (χ3n) is 2.34. The summed E-state index contributed by atoms with van der Waals surface area (Å²) in [6, 6.07) is 6.93. The van der Waals surface area contributed by atoms with Crippen LogP contribution in [0.2, 0.25) is 0 Å². The summed E-state index contributed by atoms with van der Waals surface area (Å²) in [5.41, 5.74) is 2.54. The average molecular weight is 241 g/mol. The predicted octanol–water partition coefficient (Wildman–Crippen LogP) is 2.14. The maximum absolute atomic E-state index is 3.49. The van der Waals surface area contributed by atoms with Crippen molar-refractivity contribution < 1.29 is 0 Å². The van der Waals surface area contributed by atoms with Crippen LogP contribution in [0.1, 0.15) is 5.56 Å². The number of halogens is 1. The monoisotopic (exact) mass is 240 g/mol. The van der Waals surface area contributed by atoms with Gasteiger partial charge >= 0.3 is 0 Å². The van der Waals surface area contributed by atoms with E-state index >= 15 is 0 Å². The molecule has 1 aliphatic heterocycles. The molecule has 0 saturated carbocycles. The van der Waals surface area contributed by atoms with Gasteiger partial charge in [-0.15, -0.1) is 0 Å². The number of hydrogen-bond donors (Lipinski definition) is 2. The minimum Gasteiger partial charge on any atom is -0.380 e. The topological polar surface area (TPSA) is 24.1 Å². The van der Waals surface area contributed by atoms with Gasteiger partial charge in [0.2, 0.25) is 0 Å². The molecule has 2 nitrogen and oxygen atoms in total. The minimum atomic E-state index is 0.605. The maximum Gasteiger partial charge on any atom is 0.0510 e. The Bertz CT molecular complexity index is 308. The van der Waals surface area contributed by atoms with E-state index in [4.69, 9.17) is 0 Å². The van der Waals surface area contributed by atoms with Crippen molar-refractivity contribution in [3.63, 3.8) is 0 Å². The fourth-order valence-electron chi connectivity index (χ4n) is 1.36. The first-order chi connectivity index (χ1) is 6.25. The molecule has 3 heteroatoms. The van der Waals surface area contributed by atoms with E-state index in [1.165, 1.54) is 11.3 Å². The molecule has 0 spiro atoms. The number of anilines is 1. The first-order valence-electron chi connectivity index (χ1n) is 4.49. The van der Waals surface area contributed by atoms with Crippen molar-refractivity contribution >= 4 is 21.6 Å². The zero-order valence-corrected chi connectivity index (χ0v) is 9.19. The fraction of sp³-hybridized carbons (Fsp3) is 0.400. The highest BCUT2D eigenvalue weighted by Crippen LogP contribution is 2.21. The molecule has 2 N–H and O–H groups in total. The molecular formula is C10H13BrN2. The zero-order valence-electron chi connectivity index (χ0n) is 7.60. The third kappa shape index (κ3) is 2.03. The lowest BCUT2D eigenvalue weighted by molar-refractivity contribution is 0.472. The summed E-state index contributed by atoms with van der Waals surface area (Å²) in [6.07, 6.45) is 0. The van der Waals surface area contributed by atoms with E-state index in [1.807, 2.05) is 0 Å². The summed E-state index contributed by atoms with van der Waals surface area (Å²) in [4.78, 5) is 0. The lowest BCUT2D eigenvalue weighted by Gasteiger charge is -2.29. The van der Waals surface area contributed by atoms with Crippen molar-refractivity contribution in [2.24, 2.45) is 0 Å². The molecule has 0 atom stereocenters. The molecule has 70 valence electrons. The molecule has 1 heterocycles. The Morgan fingerprint density at radius 3 is 2.85 bits per heavy atom. The SMILES string of the molecule is Cc1ccc(Br)cc1NC1CNC1. The summed E-state index contributed by atoms with van der Waals surface area (Å²) in [5.74, 6) is 0. The molecule has 1 fully saturated rings. The molecule has 1 aromatic rings. The summed E-state index contributed by atoms with van der Waals surface area (Å²) >= 11 is 3.47. The van der Waals surface area contributed by atoms with Crippen LogP contribution < -0.4 is 10.6 Å². The van der Waals surface area contributed by atoms with Crippen LogP contribution in [0.3, 0.4) is 0 Å². The largest absolute Gasteiger partial charge is 0.380 e. The third-order valence-corrected chi connectivity index (χ3v) is 2.83. The maximum atomic E-state index is 3.49. The number of rotatable bonds is 2. The number of aryl methyl sites for hydroxylation is 1. The van der Waals surface area contributed by atoms with Gasteiger partial charge in [-0.1, -0.05) is 22.0 Å². The second kappa shape index (κ2) is 3.68. The van der Waals surface area contributed by atoms with Gasteiger partial charge < -0.3 is 10.6 Å². The molecule has 0 amide bonds. The standard InChI is InChI=1S/C10H13BrN2/c1-7-2-3-8(11)4-10(7)13-9-5-12-6-9/h2-4,9,12-13H,5-6H2,1H3. The van der Waals surface area contributed by atoms with Gasteiger partial charge in [-0.2, -0.15) is 0 Å². The highest BCUT2D eigenvalue weighted by atomic mass is 79.9. The summed E-state index contributed by atoms with van der Waals surface area (Å²) < 4.78 is 1.13. The Morgan fingerprint density at radius 1 is 1.46 bits per heavy atom. The van der Waals surface area contributed by atoms with Crippen LogP contribution >= 0.6 is 15.9 Å². The van der Waals surface area contributed by atoms with Gasteiger partial charge in [0.1, 0.15) is 0 Å². The Labute approximate surface area is 86.9 Å². The zero-order chi connectivity index (χ0) is 9.26. The van der Waals surface area contributed by atoms with E-state index in [0.717, 1.165) is 17.6 Å². The van der Waals surface area contributed by atoms with E-state index in [0.29, 0.717) is 6.04 Å². The van der Waals surface area contributed by atoms with Crippen LogP contribution in [0.15, 0.2) is 22.7 Å². The van der Waals surface area contributed by atoms with Crippen LogP contribution in [0.5, 0.6) is 0 Å². The molecule has 13 heavy (non-hydrogen) atoms. The molecule has 0 aliphatic carbocycles. The molecule has 0 radical (unpaired) electrons. The predicted molar refractivity (Wildman–Crippen MR) is 59.2 cm³/mol. The van der Waals surface area contributed by atoms with Crippen molar-refractivity contribution in [1.29, 1.82) is 0 Å². The van der Waals surface area contributed by atoms with Gasteiger partial charge in [0.05, 0.1) is 6.04 Å². The van der Waals surface area contributed by atoms with Crippen molar-refractivity contribution in [3.05, 3.63) is 28.2 Å². The Balaban J connectivity index is 2.13. The lowest BCUT2D eigenvalue weighted by Crippen LogP contribution is -2.51. The van der Waals surface area contributed by atoms with E-state index in [1.54, 1.807) is 0 Å². The minimum absolute atomic E-state index is 0.605. The summed E-state index contributed by atoms with van der Waals surface area (Å²) in [6.45, 7) is 4.28. The van der Waals surface area contributed by atoms with Gasteiger partial charge in [0.25, 0.3) is 0 Å². The van der Waals surface area contributed by atoms with Crippen LogP contribution in [0, 0.1) is 6.92 Å². The average Bonchev–Trinajstić information content (AvgIpc) is 2.03. The van der Waals surface area contributed by atoms with Crippen molar-refractivity contribution in [2.75, 3.05) is 18.4 Å². The molecule has 0 bridgehead atoms. The van der Waals surface area contributed by atoms with Crippen molar-refractivity contribution in [1.82, 2.24) is 5.32 Å². The molecule has 0 aromatic heterocycles. The second-order valence-corrected chi connectivity index (χ2v) is 4.37. The first kappa shape index (κ1) is 9.03. The highest BCUT2D eigenvalue weighted by molar-refractivity contribution is 9.10. The normalized spacial score (nSPS) is 16.8. The second-order valence-electron chi connectivity index (χ2n) is 3.46. The van der Waals surface area contributed by atoms with Gasteiger partial charge in [-0.3, -0.25) is 0 Å². The highest BCUT2D eigenvalue weighted by Gasteiger charge is 2.16. The first-order valence-corrected chi connectivity index (χ1v) is 5.28. The van der Waals surface area contributed by atoms with Crippen molar-refractivity contribution in [2.45, 2.75) is 13.0 Å². The number of hydrogen-bond acceptors (Lipinski definition) is 2. The number of nitrogens with one attached hydrogen (secondary N) is 2. The van der Waals surface area contributed by atoms with Crippen LogP contribution in [0.4, 0.5) is 5.69 Å². The smallest absolute Gasteiger partial charge is 0.0510 e. The van der Waals surface area contributed by atoms with E-state index in [2.05, 4.69) is 51.7 Å². The fourth-order valence-corrected chi connectivity index (χ4v) is 1.72. The quantitative estimate of drug-likeness (QED) is 0.828. The summed E-state index contributed by atoms with van der Waals surface area (Å²) in [7, 11) is 0. The molecule has 2 rings (SSSR count). The van der Waals surface area contributed by atoms with Gasteiger partial charge in [0.15, 0.2) is 0 Å². The summed E-state index contributed by atoms with van der Waals surface area (Å²) in [5, 5.41) is 6.74. The van der Waals surface area contributed by atoms with Gasteiger partial charge in [-0.05, 0) is 24.6 Å². The Morgan fingerprint density at radius 2 is 2.23 bits per heavy atom. The molecular weight excluding hydrogens is 228 g/mol. The Hall–Kier alpha value is -0.540. The van der Waals surface area contributed by atoms with E-state index in [9.17, 15) is 0 Å². The lowest BCUT2D eigenvalue weighted by atomic mass is 10.1. The molecule has 1 aromatic carbocycles. The molecule has 1 aliphatic rings. The molecule has 0 unspecified atom stereocenters. The van der Waals surface area contributed by atoms with Crippen LogP contribution in [-0.2, 0) is 0 Å². The van der Waals surface area contributed by atoms with Crippen LogP contribution in [0.25, 0.3) is 0 Å². The van der Waals surface area contributed by atoms with Gasteiger partial charge in [-0.25, -0.2) is 0 Å². The van der Waals surface area contributed by atoms with Crippen LogP contribution in [-0.4, -0.2) is 19.1 Å². The molecule has 1 saturated heterocycles. The number of benzene rings is 1. The van der Waals surface area contributed by atoms with E-state index in [-0.39, 0.29) is 0 Å². The van der Waals surface area contributed by atoms with Crippen molar-refractivity contribution in [3.8, 4) is 0 Å². The van der Waals surface area contributed by atoms with Gasteiger partial charge in [0, 0.05) is 23.2 Å².